The summed E-state index contributed by atoms with van der Waals surface area (Å²) < 4.78 is 26.8. The van der Waals surface area contributed by atoms with E-state index in [1.54, 1.807) is 32.9 Å². The van der Waals surface area contributed by atoms with Gasteiger partial charge in [0, 0.05) is 0 Å². The molecule has 0 aliphatic rings. The van der Waals surface area contributed by atoms with Gasteiger partial charge in [0.2, 0.25) is 10.0 Å². The molecule has 0 aliphatic carbocycles. The van der Waals surface area contributed by atoms with Gasteiger partial charge in [-0.3, -0.25) is 0 Å². The quantitative estimate of drug-likeness (QED) is 0.925. The summed E-state index contributed by atoms with van der Waals surface area (Å²) >= 11 is 5.86. The van der Waals surface area contributed by atoms with Gasteiger partial charge < -0.3 is 0 Å². The number of nitrogens with one attached hydrogen (secondary N) is 1. The molecule has 0 aromatic heterocycles. The monoisotopic (exact) mass is 286 g/mol. The Balaban J connectivity index is 3.19. The Kier molecular flexibility index (Phi) is 4.38. The third kappa shape index (κ3) is 3.02. The zero-order valence-electron chi connectivity index (χ0n) is 10.4. The first kappa shape index (κ1) is 15.0. The third-order valence-electron chi connectivity index (χ3n) is 2.86. The van der Waals surface area contributed by atoms with Gasteiger partial charge in [-0.15, -0.1) is 0 Å². The van der Waals surface area contributed by atoms with Crippen molar-refractivity contribution in [2.45, 2.75) is 31.2 Å². The van der Waals surface area contributed by atoms with Crippen LogP contribution in [0.1, 0.15) is 20.8 Å². The lowest BCUT2D eigenvalue weighted by molar-refractivity contribution is 0.389. The molecule has 6 heteroatoms. The van der Waals surface area contributed by atoms with E-state index in [-0.39, 0.29) is 15.8 Å². The van der Waals surface area contributed by atoms with Crippen LogP contribution in [-0.4, -0.2) is 14.0 Å². The van der Waals surface area contributed by atoms with E-state index < -0.39 is 15.6 Å². The van der Waals surface area contributed by atoms with Crippen LogP contribution < -0.4 is 4.72 Å². The molecule has 4 nitrogen and oxygen atoms in total. The standard InChI is InChI=1S/C12H15ClN2O2S/c1-9(2)12(3,8-14)15-18(16,17)11-7-5-4-6-10(11)13/h4-7,9,15H,1-3H3/t12-/m0/s1. The Morgan fingerprint density at radius 2 is 1.94 bits per heavy atom. The molecule has 1 N–H and O–H groups in total. The van der Waals surface area contributed by atoms with Crippen molar-refractivity contribution in [1.29, 1.82) is 5.26 Å². The Morgan fingerprint density at radius 1 is 1.39 bits per heavy atom. The average Bonchev–Trinajstić information content (AvgIpc) is 2.28. The molecule has 0 radical (unpaired) electrons. The maximum absolute atomic E-state index is 12.2. The van der Waals surface area contributed by atoms with Crippen LogP contribution in [0.3, 0.4) is 0 Å². The molecular weight excluding hydrogens is 272 g/mol. The smallest absolute Gasteiger partial charge is 0.207 e. The van der Waals surface area contributed by atoms with E-state index in [1.807, 2.05) is 6.07 Å². The molecule has 1 aromatic carbocycles. The summed E-state index contributed by atoms with van der Waals surface area (Å²) in [5.74, 6) is -0.167. The number of hydrogen-bond acceptors (Lipinski definition) is 3. The maximum atomic E-state index is 12.2. The van der Waals surface area contributed by atoms with Gasteiger partial charge in [0.25, 0.3) is 0 Å². The number of rotatable bonds is 4. The van der Waals surface area contributed by atoms with Gasteiger partial charge in [-0.25, -0.2) is 8.42 Å². The van der Waals surface area contributed by atoms with Gasteiger partial charge >= 0.3 is 0 Å². The molecule has 1 atom stereocenters. The fourth-order valence-electron chi connectivity index (χ4n) is 1.27. The van der Waals surface area contributed by atoms with E-state index in [0.29, 0.717) is 0 Å². The van der Waals surface area contributed by atoms with Crippen molar-refractivity contribution in [2.75, 3.05) is 0 Å². The van der Waals surface area contributed by atoms with Crippen molar-refractivity contribution in [3.05, 3.63) is 29.3 Å². The fourth-order valence-corrected chi connectivity index (χ4v) is 3.24. The second-order valence-electron chi connectivity index (χ2n) is 4.50. The minimum atomic E-state index is -3.81. The highest BCUT2D eigenvalue weighted by Crippen LogP contribution is 2.24. The van der Waals surface area contributed by atoms with Crippen LogP contribution in [0.5, 0.6) is 0 Å². The lowest BCUT2D eigenvalue weighted by Crippen LogP contribution is -2.48. The first-order valence-electron chi connectivity index (χ1n) is 5.42. The van der Waals surface area contributed by atoms with E-state index in [0.717, 1.165) is 0 Å². The van der Waals surface area contributed by atoms with Crippen LogP contribution in [0.25, 0.3) is 0 Å². The van der Waals surface area contributed by atoms with E-state index in [2.05, 4.69) is 4.72 Å². The van der Waals surface area contributed by atoms with Crippen molar-refractivity contribution in [2.24, 2.45) is 5.92 Å². The molecule has 0 saturated carbocycles. The molecule has 0 aliphatic heterocycles. The Bertz CT molecular complexity index is 578. The molecule has 1 rings (SSSR count). The van der Waals surface area contributed by atoms with Crippen LogP contribution in [-0.2, 0) is 10.0 Å². The predicted molar refractivity (Wildman–Crippen MR) is 70.6 cm³/mol. The SMILES string of the molecule is CC(C)[C@](C)(C#N)NS(=O)(=O)c1ccccc1Cl. The minimum Gasteiger partial charge on any atom is -0.207 e. The largest absolute Gasteiger partial charge is 0.243 e. The third-order valence-corrected chi connectivity index (χ3v) is 4.93. The summed E-state index contributed by atoms with van der Waals surface area (Å²) in [5.41, 5.74) is -1.17. The topological polar surface area (TPSA) is 70.0 Å². The number of nitriles is 1. The normalized spacial score (nSPS) is 15.1. The number of sulfonamides is 1. The minimum absolute atomic E-state index is 0.0196. The van der Waals surface area contributed by atoms with Crippen LogP contribution in [0.2, 0.25) is 5.02 Å². The summed E-state index contributed by atoms with van der Waals surface area (Å²) in [6, 6.07) is 8.12. The number of nitrogens with zero attached hydrogens (tertiary/aromatic N) is 1. The first-order chi connectivity index (χ1) is 8.23. The number of hydrogen-bond donors (Lipinski definition) is 1. The zero-order chi connectivity index (χ0) is 14.0. The molecule has 0 heterocycles. The number of benzene rings is 1. The average molecular weight is 287 g/mol. The first-order valence-corrected chi connectivity index (χ1v) is 7.29. The molecule has 0 bridgehead atoms. The molecule has 0 fully saturated rings. The lowest BCUT2D eigenvalue weighted by Gasteiger charge is -2.27. The van der Waals surface area contributed by atoms with Crippen LogP contribution in [0.15, 0.2) is 29.2 Å². The van der Waals surface area contributed by atoms with Crippen molar-refractivity contribution in [3.63, 3.8) is 0 Å². The van der Waals surface area contributed by atoms with E-state index in [1.165, 1.54) is 12.1 Å². The molecule has 0 amide bonds. The van der Waals surface area contributed by atoms with Crippen LogP contribution in [0.4, 0.5) is 0 Å². The van der Waals surface area contributed by atoms with Gasteiger partial charge in [-0.2, -0.15) is 9.98 Å². The summed E-state index contributed by atoms with van der Waals surface area (Å²) in [7, 11) is -3.81. The molecule has 1 aromatic rings. The Morgan fingerprint density at radius 3 is 2.39 bits per heavy atom. The van der Waals surface area contributed by atoms with Crippen LogP contribution in [0, 0.1) is 17.2 Å². The van der Waals surface area contributed by atoms with E-state index in [9.17, 15) is 8.42 Å². The highest BCUT2D eigenvalue weighted by molar-refractivity contribution is 7.89. The van der Waals surface area contributed by atoms with Crippen molar-refractivity contribution < 1.29 is 8.42 Å². The van der Waals surface area contributed by atoms with E-state index >= 15 is 0 Å². The summed E-state index contributed by atoms with van der Waals surface area (Å²) in [5, 5.41) is 9.26. The lowest BCUT2D eigenvalue weighted by atomic mass is 9.92. The van der Waals surface area contributed by atoms with Crippen molar-refractivity contribution in [1.82, 2.24) is 4.72 Å². The summed E-state index contributed by atoms with van der Waals surface area (Å²) in [4.78, 5) is -0.0196. The Labute approximate surface area is 113 Å². The summed E-state index contributed by atoms with van der Waals surface area (Å²) in [6.45, 7) is 5.10. The molecule has 18 heavy (non-hydrogen) atoms. The second-order valence-corrected chi connectivity index (χ2v) is 6.56. The van der Waals surface area contributed by atoms with Crippen LogP contribution >= 0.6 is 11.6 Å². The van der Waals surface area contributed by atoms with E-state index in [4.69, 9.17) is 16.9 Å². The van der Waals surface area contributed by atoms with Gasteiger partial charge in [0.1, 0.15) is 10.4 Å². The molecule has 98 valence electrons. The molecule has 0 spiro atoms. The highest BCUT2D eigenvalue weighted by Gasteiger charge is 2.34. The van der Waals surface area contributed by atoms with Crippen molar-refractivity contribution in [3.8, 4) is 6.07 Å². The second kappa shape index (κ2) is 5.27. The van der Waals surface area contributed by atoms with Gasteiger partial charge in [-0.05, 0) is 25.0 Å². The maximum Gasteiger partial charge on any atom is 0.243 e. The molecule has 0 saturated heterocycles. The Hall–Kier alpha value is -1.09. The number of halogens is 1. The predicted octanol–water partition coefficient (Wildman–Crippen LogP) is 2.56. The summed E-state index contributed by atoms with van der Waals surface area (Å²) in [6.07, 6.45) is 0. The van der Waals surface area contributed by atoms with Gasteiger partial charge in [0.15, 0.2) is 0 Å². The highest BCUT2D eigenvalue weighted by atomic mass is 35.5. The van der Waals surface area contributed by atoms with Gasteiger partial charge in [0.05, 0.1) is 11.1 Å². The molecular formula is C12H15ClN2O2S. The zero-order valence-corrected chi connectivity index (χ0v) is 12.0. The van der Waals surface area contributed by atoms with Gasteiger partial charge in [-0.1, -0.05) is 37.6 Å². The van der Waals surface area contributed by atoms with Crippen molar-refractivity contribution >= 4 is 21.6 Å². The fraction of sp³-hybridized carbons (Fsp3) is 0.417. The molecule has 0 unspecified atom stereocenters.